The molecule has 5 nitrogen and oxygen atoms in total. The van der Waals surface area contributed by atoms with Crippen LogP contribution in [0.25, 0.3) is 10.9 Å². The molecular weight excluding hydrogens is 630 g/mol. The zero-order valence-corrected chi connectivity index (χ0v) is 29.5. The van der Waals surface area contributed by atoms with Crippen LogP contribution in [0.2, 0.25) is 5.04 Å². The number of aromatic nitrogens is 1. The number of ketones is 1. The quantitative estimate of drug-likeness (QED) is 0.0677. The first kappa shape index (κ1) is 33.6. The molecule has 4 rings (SSSR count). The van der Waals surface area contributed by atoms with Crippen molar-refractivity contribution in [3.63, 3.8) is 0 Å². The summed E-state index contributed by atoms with van der Waals surface area (Å²) in [5, 5.41) is 3.24. The second-order valence-corrected chi connectivity index (χ2v) is 18.3. The maximum Gasteiger partial charge on any atom is 0.313 e. The van der Waals surface area contributed by atoms with Gasteiger partial charge in [0.1, 0.15) is 12.2 Å². The Morgan fingerprint density at radius 2 is 1.48 bits per heavy atom. The molecule has 44 heavy (non-hydrogen) atoms. The first-order valence-corrected chi connectivity index (χ1v) is 17.7. The number of esters is 1. The number of aryl methyl sites for hydroxylation is 1. The van der Waals surface area contributed by atoms with Crippen LogP contribution in [0.4, 0.5) is 0 Å². The van der Waals surface area contributed by atoms with Crippen molar-refractivity contribution in [2.75, 3.05) is 13.7 Å². The highest BCUT2D eigenvalue weighted by atomic mass is 79.9. The maximum absolute atomic E-state index is 13.9. The Hall–Kier alpha value is -3.26. The number of ether oxygens (including phenoxy) is 1. The van der Waals surface area contributed by atoms with Crippen molar-refractivity contribution in [1.29, 1.82) is 0 Å². The molecule has 7 heteroatoms. The number of benzene rings is 3. The van der Waals surface area contributed by atoms with Gasteiger partial charge in [0, 0.05) is 40.0 Å². The van der Waals surface area contributed by atoms with Gasteiger partial charge in [0.05, 0.1) is 13.7 Å². The average molecular weight is 675 g/mol. The number of nitrogens with zero attached hydrogens (tertiary/aromatic N) is 1. The summed E-state index contributed by atoms with van der Waals surface area (Å²) in [4.78, 5) is 26.2. The van der Waals surface area contributed by atoms with E-state index in [0.717, 1.165) is 26.5 Å². The van der Waals surface area contributed by atoms with E-state index in [2.05, 4.69) is 122 Å². The van der Waals surface area contributed by atoms with E-state index in [1.807, 2.05) is 31.3 Å². The van der Waals surface area contributed by atoms with Crippen molar-refractivity contribution >= 4 is 57.3 Å². The lowest BCUT2D eigenvalue weighted by molar-refractivity contribution is -0.144. The largest absolute Gasteiger partial charge is 0.469 e. The molecule has 0 bridgehead atoms. The molecule has 0 aliphatic carbocycles. The van der Waals surface area contributed by atoms with E-state index in [-0.39, 0.29) is 17.2 Å². The molecule has 1 unspecified atom stereocenters. The number of carbonyl (C=O) groups is 2. The Morgan fingerprint density at radius 3 is 2.00 bits per heavy atom. The molecule has 0 spiro atoms. The lowest BCUT2D eigenvalue weighted by Gasteiger charge is -2.43. The van der Waals surface area contributed by atoms with Gasteiger partial charge in [-0.2, -0.15) is 0 Å². The van der Waals surface area contributed by atoms with Gasteiger partial charge in [-0.15, -0.1) is 0 Å². The Balaban J connectivity index is 1.73. The maximum atomic E-state index is 13.9. The standard InChI is InChI=1S/C37H44BrNO4Si/c1-26(25-43-44(36(2,3)4,27-16-11-9-12-17-27)28-18-13-10-14-19-28)22-29(33(40)23-34(41)42-8)37(5,6)30-24-39(7)32-21-15-20-31(38)35(30)32/h9-21,24,29H,1,22-23,25H2,2-8H3. The molecule has 0 aliphatic heterocycles. The summed E-state index contributed by atoms with van der Waals surface area (Å²) in [5.74, 6) is -1.24. The first-order valence-electron chi connectivity index (χ1n) is 15.0. The van der Waals surface area contributed by atoms with Gasteiger partial charge in [0.15, 0.2) is 0 Å². The van der Waals surface area contributed by atoms with E-state index in [1.54, 1.807) is 0 Å². The van der Waals surface area contributed by atoms with Crippen molar-refractivity contribution < 1.29 is 18.8 Å². The molecule has 4 aromatic rings. The van der Waals surface area contributed by atoms with Gasteiger partial charge in [-0.3, -0.25) is 9.59 Å². The molecule has 0 N–H and O–H groups in total. The predicted molar refractivity (Wildman–Crippen MR) is 186 cm³/mol. The lowest BCUT2D eigenvalue weighted by Crippen LogP contribution is -2.66. The van der Waals surface area contributed by atoms with Crippen LogP contribution >= 0.6 is 15.9 Å². The molecule has 0 radical (unpaired) electrons. The number of hydrogen-bond donors (Lipinski definition) is 0. The first-order chi connectivity index (χ1) is 20.7. The summed E-state index contributed by atoms with van der Waals surface area (Å²) in [5.41, 5.74) is 2.28. The second-order valence-electron chi connectivity index (χ2n) is 13.2. The molecule has 0 amide bonds. The summed E-state index contributed by atoms with van der Waals surface area (Å²) in [6.07, 6.45) is 2.18. The summed E-state index contributed by atoms with van der Waals surface area (Å²) < 4.78 is 15.1. The highest BCUT2D eigenvalue weighted by Crippen LogP contribution is 2.43. The van der Waals surface area contributed by atoms with Crippen LogP contribution in [0.15, 0.2) is 102 Å². The topological polar surface area (TPSA) is 57.5 Å². The number of methoxy groups -OCH3 is 1. The number of Topliss-reactive ketones (excluding diaryl/α,β-unsaturated/α-hetero) is 1. The van der Waals surface area contributed by atoms with Crippen LogP contribution in [-0.4, -0.2) is 38.4 Å². The molecule has 232 valence electrons. The molecule has 0 saturated carbocycles. The second kappa shape index (κ2) is 13.4. The van der Waals surface area contributed by atoms with Crippen LogP contribution in [0, 0.1) is 5.92 Å². The van der Waals surface area contributed by atoms with E-state index in [0.29, 0.717) is 13.0 Å². The third kappa shape index (κ3) is 6.55. The van der Waals surface area contributed by atoms with Gasteiger partial charge in [-0.05, 0) is 39.5 Å². The minimum atomic E-state index is -2.80. The fourth-order valence-electron chi connectivity index (χ4n) is 6.51. The van der Waals surface area contributed by atoms with Crippen LogP contribution < -0.4 is 10.4 Å². The normalized spacial score (nSPS) is 13.1. The molecular formula is C37H44BrNO4Si. The fraction of sp³-hybridized carbons (Fsp3) is 0.351. The smallest absolute Gasteiger partial charge is 0.313 e. The molecule has 0 saturated heterocycles. The third-order valence-electron chi connectivity index (χ3n) is 8.87. The van der Waals surface area contributed by atoms with Gasteiger partial charge < -0.3 is 13.7 Å². The van der Waals surface area contributed by atoms with Crippen molar-refractivity contribution in [3.8, 4) is 0 Å². The Bertz CT molecular complexity index is 1600. The van der Waals surface area contributed by atoms with E-state index in [9.17, 15) is 9.59 Å². The average Bonchev–Trinajstić information content (AvgIpc) is 3.34. The van der Waals surface area contributed by atoms with Crippen LogP contribution in [0.1, 0.15) is 53.0 Å². The van der Waals surface area contributed by atoms with Gasteiger partial charge in [-0.1, -0.05) is 129 Å². The zero-order valence-electron chi connectivity index (χ0n) is 26.9. The van der Waals surface area contributed by atoms with E-state index < -0.39 is 25.6 Å². The fourth-order valence-corrected chi connectivity index (χ4v) is 11.7. The number of fused-ring (bicyclic) bond motifs is 1. The Labute approximate surface area is 271 Å². The number of carbonyl (C=O) groups excluding carboxylic acids is 2. The van der Waals surface area contributed by atoms with Crippen molar-refractivity contribution in [2.45, 2.75) is 57.9 Å². The van der Waals surface area contributed by atoms with Crippen molar-refractivity contribution in [3.05, 3.63) is 107 Å². The summed E-state index contributed by atoms with van der Waals surface area (Å²) in [7, 11) is 0.522. The predicted octanol–water partition coefficient (Wildman–Crippen LogP) is 7.49. The van der Waals surface area contributed by atoms with E-state index in [4.69, 9.17) is 9.16 Å². The number of halogens is 1. The monoisotopic (exact) mass is 673 g/mol. The van der Waals surface area contributed by atoms with Crippen molar-refractivity contribution in [1.82, 2.24) is 4.57 Å². The molecule has 3 aromatic carbocycles. The van der Waals surface area contributed by atoms with Gasteiger partial charge >= 0.3 is 5.97 Å². The van der Waals surface area contributed by atoms with E-state index >= 15 is 0 Å². The summed E-state index contributed by atoms with van der Waals surface area (Å²) in [6.45, 7) is 15.6. The van der Waals surface area contributed by atoms with Crippen molar-refractivity contribution in [2.24, 2.45) is 13.0 Å². The minimum Gasteiger partial charge on any atom is -0.469 e. The van der Waals surface area contributed by atoms with Gasteiger partial charge in [0.25, 0.3) is 8.32 Å². The lowest BCUT2D eigenvalue weighted by atomic mass is 9.68. The summed E-state index contributed by atoms with van der Waals surface area (Å²) >= 11 is 3.75. The SMILES string of the molecule is C=C(CO[Si](c1ccccc1)(c1ccccc1)C(C)(C)C)CC(C(=O)CC(=O)OC)C(C)(C)c1cn(C)c2cccc(Br)c12. The Morgan fingerprint density at radius 1 is 0.909 bits per heavy atom. The molecule has 1 aromatic heterocycles. The van der Waals surface area contributed by atoms with Gasteiger partial charge in [0.2, 0.25) is 0 Å². The third-order valence-corrected chi connectivity index (χ3v) is 14.5. The Kier molecular flexibility index (Phi) is 10.2. The molecule has 0 aliphatic rings. The molecule has 1 atom stereocenters. The zero-order chi connectivity index (χ0) is 32.3. The molecule has 1 heterocycles. The highest BCUT2D eigenvalue weighted by molar-refractivity contribution is 9.10. The van der Waals surface area contributed by atoms with Crippen LogP contribution in [0.5, 0.6) is 0 Å². The minimum absolute atomic E-state index is 0.169. The highest BCUT2D eigenvalue weighted by Gasteiger charge is 2.50. The summed E-state index contributed by atoms with van der Waals surface area (Å²) in [6, 6.07) is 27.1. The number of hydrogen-bond acceptors (Lipinski definition) is 4. The van der Waals surface area contributed by atoms with Crippen LogP contribution in [-0.2, 0) is 31.2 Å². The van der Waals surface area contributed by atoms with Gasteiger partial charge in [-0.25, -0.2) is 0 Å². The van der Waals surface area contributed by atoms with E-state index in [1.165, 1.54) is 17.5 Å². The van der Waals surface area contributed by atoms with Crippen LogP contribution in [0.3, 0.4) is 0 Å². The number of rotatable bonds is 12. The molecule has 0 fully saturated rings.